The van der Waals surface area contributed by atoms with Crippen LogP contribution in [0.1, 0.15) is 0 Å². The van der Waals surface area contributed by atoms with Crippen LogP contribution >= 0.6 is 11.3 Å². The molecule has 0 N–H and O–H groups in total. The van der Waals surface area contributed by atoms with E-state index in [1.165, 1.54) is 79.6 Å². The van der Waals surface area contributed by atoms with Crippen LogP contribution in [-0.4, -0.2) is 15.0 Å². The van der Waals surface area contributed by atoms with Crippen LogP contribution in [0.5, 0.6) is 0 Å². The lowest BCUT2D eigenvalue weighted by Gasteiger charge is -2.14. The molecule has 0 bridgehead atoms. The first kappa shape index (κ1) is 32.0. The van der Waals surface area contributed by atoms with Gasteiger partial charge in [-0.25, -0.2) is 15.0 Å². The summed E-state index contributed by atoms with van der Waals surface area (Å²) >= 11 is 1.80. The maximum absolute atomic E-state index is 5.32. The molecule has 0 spiro atoms. The lowest BCUT2D eigenvalue weighted by Crippen LogP contribution is -2.00. The van der Waals surface area contributed by atoms with E-state index >= 15 is 0 Å². The Hall–Kier alpha value is -7.27. The molecule has 2 aromatic heterocycles. The van der Waals surface area contributed by atoms with Crippen molar-refractivity contribution in [3.8, 4) is 45.3 Å². The summed E-state index contributed by atoms with van der Waals surface area (Å²) < 4.78 is 2.46. The molecule has 0 unspecified atom stereocenters. The summed E-state index contributed by atoms with van der Waals surface area (Å²) in [5, 5.41) is 14.7. The third-order valence-corrected chi connectivity index (χ3v) is 12.6. The zero-order valence-corrected chi connectivity index (χ0v) is 31.5. The molecule has 4 heteroatoms. The molecule has 0 fully saturated rings. The van der Waals surface area contributed by atoms with E-state index in [2.05, 4.69) is 188 Å². The van der Waals surface area contributed by atoms with Crippen molar-refractivity contribution in [3.05, 3.63) is 188 Å². The van der Waals surface area contributed by atoms with E-state index in [-0.39, 0.29) is 0 Å². The SMILES string of the molecule is c1cc(-c2nc(-c3ccc4c5ccccc5c5ccccc5c4c3)nc(-c3cccc4sc5ccccc5c34)n2)cc(-c2cc3ccccc3c3ccccc23)c1. The Morgan fingerprint density at radius 1 is 0.281 bits per heavy atom. The predicted molar refractivity (Wildman–Crippen MR) is 242 cm³/mol. The van der Waals surface area contributed by atoms with Crippen molar-refractivity contribution in [2.45, 2.75) is 0 Å². The van der Waals surface area contributed by atoms with Gasteiger partial charge in [-0.05, 0) is 95.3 Å². The number of rotatable bonds is 4. The van der Waals surface area contributed by atoms with Crippen LogP contribution in [0.15, 0.2) is 188 Å². The van der Waals surface area contributed by atoms with Crippen LogP contribution in [0.2, 0.25) is 0 Å². The van der Waals surface area contributed by atoms with Gasteiger partial charge in [-0.15, -0.1) is 11.3 Å². The highest BCUT2D eigenvalue weighted by Gasteiger charge is 2.19. The number of fused-ring (bicyclic) bond motifs is 12. The van der Waals surface area contributed by atoms with Crippen molar-refractivity contribution in [1.82, 2.24) is 15.0 Å². The van der Waals surface area contributed by atoms with Crippen LogP contribution < -0.4 is 0 Å². The van der Waals surface area contributed by atoms with Gasteiger partial charge >= 0.3 is 0 Å². The zero-order valence-electron chi connectivity index (χ0n) is 30.6. The first-order chi connectivity index (χ1) is 28.2. The van der Waals surface area contributed by atoms with Gasteiger partial charge in [0.2, 0.25) is 0 Å². The zero-order chi connectivity index (χ0) is 37.5. The minimum Gasteiger partial charge on any atom is -0.208 e. The van der Waals surface area contributed by atoms with Crippen LogP contribution in [0, 0.1) is 0 Å². The summed E-state index contributed by atoms with van der Waals surface area (Å²) in [6.45, 7) is 0. The Kier molecular flexibility index (Phi) is 7.10. The molecule has 264 valence electrons. The second-order valence-corrected chi connectivity index (χ2v) is 15.8. The Morgan fingerprint density at radius 3 is 1.53 bits per heavy atom. The molecule has 3 nitrogen and oxygen atoms in total. The maximum atomic E-state index is 5.32. The van der Waals surface area contributed by atoms with Gasteiger partial charge in [0, 0.05) is 36.9 Å². The van der Waals surface area contributed by atoms with Crippen molar-refractivity contribution in [1.29, 1.82) is 0 Å². The van der Waals surface area contributed by atoms with Crippen LogP contribution in [-0.2, 0) is 0 Å². The van der Waals surface area contributed by atoms with Crippen LogP contribution in [0.4, 0.5) is 0 Å². The van der Waals surface area contributed by atoms with E-state index in [9.17, 15) is 0 Å². The van der Waals surface area contributed by atoms with Gasteiger partial charge in [0.1, 0.15) is 0 Å². The Balaban J connectivity index is 1.11. The van der Waals surface area contributed by atoms with E-state index in [0.29, 0.717) is 17.5 Å². The van der Waals surface area contributed by atoms with Crippen molar-refractivity contribution in [2.75, 3.05) is 0 Å². The summed E-state index contributed by atoms with van der Waals surface area (Å²) in [5.41, 5.74) is 5.20. The second-order valence-electron chi connectivity index (χ2n) is 14.7. The molecule has 0 aliphatic heterocycles. The number of thiophene rings is 1. The maximum Gasteiger partial charge on any atom is 0.164 e. The van der Waals surface area contributed by atoms with Crippen LogP contribution in [0.25, 0.3) is 119 Å². The molecule has 0 aliphatic carbocycles. The second kappa shape index (κ2) is 12.6. The van der Waals surface area contributed by atoms with Gasteiger partial charge in [-0.2, -0.15) is 0 Å². The molecule has 2 heterocycles. The van der Waals surface area contributed by atoms with Crippen molar-refractivity contribution in [3.63, 3.8) is 0 Å². The van der Waals surface area contributed by atoms with E-state index in [1.54, 1.807) is 11.3 Å². The predicted octanol–water partition coefficient (Wildman–Crippen LogP) is 14.7. The van der Waals surface area contributed by atoms with E-state index in [1.807, 2.05) is 0 Å². The average Bonchev–Trinajstić information content (AvgIpc) is 3.68. The molecule has 0 aliphatic rings. The number of hydrogen-bond donors (Lipinski definition) is 0. The number of aromatic nitrogens is 3. The Bertz CT molecular complexity index is 3570. The fourth-order valence-corrected chi connectivity index (χ4v) is 10.0. The summed E-state index contributed by atoms with van der Waals surface area (Å²) in [6, 6.07) is 67.5. The smallest absolute Gasteiger partial charge is 0.164 e. The van der Waals surface area contributed by atoms with Crippen LogP contribution in [0.3, 0.4) is 0 Å². The number of hydrogen-bond acceptors (Lipinski definition) is 4. The average molecular weight is 742 g/mol. The third kappa shape index (κ3) is 5.08. The van der Waals surface area contributed by atoms with Gasteiger partial charge in [-0.3, -0.25) is 0 Å². The quantitative estimate of drug-likeness (QED) is 0.169. The molecular weight excluding hydrogens is 711 g/mol. The molecule has 10 aromatic carbocycles. The highest BCUT2D eigenvalue weighted by molar-refractivity contribution is 7.25. The molecule has 0 amide bonds. The van der Waals surface area contributed by atoms with Gasteiger partial charge in [0.05, 0.1) is 0 Å². The standard InChI is InChI=1S/C53H31N3S/c1-2-16-36-33(13-1)30-46(41-21-7-3-17-37(36)41)32-14-11-15-34(29-32)51-54-52(56-53(55-51)45-24-12-26-49-50(45)44-23-9-10-25-48(44)57-49)35-27-28-43-40-20-5-4-18-38(40)39-19-6-8-22-42(39)47(43)31-35/h1-31H. The summed E-state index contributed by atoms with van der Waals surface area (Å²) in [7, 11) is 0. The molecule has 57 heavy (non-hydrogen) atoms. The summed E-state index contributed by atoms with van der Waals surface area (Å²) in [4.78, 5) is 15.9. The number of nitrogens with zero attached hydrogens (tertiary/aromatic N) is 3. The third-order valence-electron chi connectivity index (χ3n) is 11.5. The van der Waals surface area contributed by atoms with Crippen molar-refractivity contribution < 1.29 is 0 Å². The fraction of sp³-hybridized carbons (Fsp3) is 0. The largest absolute Gasteiger partial charge is 0.208 e. The van der Waals surface area contributed by atoms with E-state index in [4.69, 9.17) is 15.0 Å². The molecular formula is C53H31N3S. The molecule has 12 rings (SSSR count). The van der Waals surface area contributed by atoms with Gasteiger partial charge in [-0.1, -0.05) is 158 Å². The Morgan fingerprint density at radius 2 is 0.789 bits per heavy atom. The van der Waals surface area contributed by atoms with E-state index < -0.39 is 0 Å². The molecule has 0 saturated carbocycles. The minimum atomic E-state index is 0.641. The lowest BCUT2D eigenvalue weighted by molar-refractivity contribution is 1.08. The molecule has 0 saturated heterocycles. The Labute approximate surface area is 332 Å². The summed E-state index contributed by atoms with van der Waals surface area (Å²) in [5.74, 6) is 1.95. The van der Waals surface area contributed by atoms with Crippen molar-refractivity contribution >= 4 is 85.4 Å². The van der Waals surface area contributed by atoms with Gasteiger partial charge in [0.15, 0.2) is 17.5 Å². The van der Waals surface area contributed by atoms with Crippen molar-refractivity contribution in [2.24, 2.45) is 0 Å². The number of benzene rings is 10. The molecule has 12 aromatic rings. The monoisotopic (exact) mass is 741 g/mol. The fourth-order valence-electron chi connectivity index (χ4n) is 8.88. The highest BCUT2D eigenvalue weighted by atomic mass is 32.1. The lowest BCUT2D eigenvalue weighted by atomic mass is 9.92. The first-order valence-corrected chi connectivity index (χ1v) is 20.1. The normalized spacial score (nSPS) is 11.9. The first-order valence-electron chi connectivity index (χ1n) is 19.3. The molecule has 0 atom stereocenters. The minimum absolute atomic E-state index is 0.641. The highest BCUT2D eigenvalue weighted by Crippen LogP contribution is 2.42. The van der Waals surface area contributed by atoms with E-state index in [0.717, 1.165) is 22.3 Å². The molecule has 0 radical (unpaired) electrons. The van der Waals surface area contributed by atoms with Gasteiger partial charge < -0.3 is 0 Å². The summed E-state index contributed by atoms with van der Waals surface area (Å²) in [6.07, 6.45) is 0. The topological polar surface area (TPSA) is 38.7 Å². The van der Waals surface area contributed by atoms with Gasteiger partial charge in [0.25, 0.3) is 0 Å².